The number of rotatable bonds is 5. The Balaban J connectivity index is 2.24. The van der Waals surface area contributed by atoms with E-state index < -0.39 is 6.10 Å². The van der Waals surface area contributed by atoms with Crippen LogP contribution in [0.1, 0.15) is 12.8 Å². The highest BCUT2D eigenvalue weighted by molar-refractivity contribution is 5.73. The number of aliphatic hydroxyl groups is 3. The Morgan fingerprint density at radius 2 is 2.25 bits per heavy atom. The molecule has 1 aliphatic rings. The van der Waals surface area contributed by atoms with E-state index in [1.165, 1.54) is 0 Å². The number of carbonyl (C=O) groups excluding carboxylic acids is 1. The Labute approximate surface area is 90.1 Å². The molecule has 0 aliphatic heterocycles. The van der Waals surface area contributed by atoms with Crippen LogP contribution in [0.5, 0.6) is 5.88 Å². The van der Waals surface area contributed by atoms with Crippen LogP contribution in [0.25, 0.3) is 0 Å². The highest BCUT2D eigenvalue weighted by Crippen LogP contribution is 2.31. The molecule has 2 rings (SSSR count). The summed E-state index contributed by atoms with van der Waals surface area (Å²) in [6, 6.07) is 0. The summed E-state index contributed by atoms with van der Waals surface area (Å²) in [5, 5.41) is 32.5. The molecule has 0 saturated heterocycles. The predicted molar refractivity (Wildman–Crippen MR) is 50.2 cm³/mol. The van der Waals surface area contributed by atoms with Gasteiger partial charge in [-0.05, 0) is 12.8 Å². The molecule has 0 aromatic carbocycles. The first-order valence-electron chi connectivity index (χ1n) is 4.65. The standard InChI is InChI=1S/C8H11N3O5/c12-4-9-6-3-11(8(13,14)15)10-7(6)16-5-1-2-5/h3-5,13-15H,1-2H2,(H,9,12). The Morgan fingerprint density at radius 3 is 2.75 bits per heavy atom. The number of amides is 1. The van der Waals surface area contributed by atoms with Gasteiger partial charge in [0.05, 0.1) is 6.20 Å². The van der Waals surface area contributed by atoms with E-state index in [0.29, 0.717) is 11.1 Å². The SMILES string of the molecule is O=CNc1cn(C(O)(O)O)nc1OC1CC1. The number of carbonyl (C=O) groups is 1. The summed E-state index contributed by atoms with van der Waals surface area (Å²) in [5.41, 5.74) is 0.156. The maximum absolute atomic E-state index is 10.3. The van der Waals surface area contributed by atoms with Crippen LogP contribution in [0.15, 0.2) is 6.20 Å². The van der Waals surface area contributed by atoms with Crippen LogP contribution in [0.3, 0.4) is 0 Å². The number of anilines is 1. The second kappa shape index (κ2) is 3.74. The fourth-order valence-electron chi connectivity index (χ4n) is 1.11. The van der Waals surface area contributed by atoms with E-state index in [4.69, 9.17) is 20.1 Å². The maximum Gasteiger partial charge on any atom is 0.389 e. The summed E-state index contributed by atoms with van der Waals surface area (Å²) >= 11 is 0. The zero-order chi connectivity index (χ0) is 11.8. The molecule has 1 heterocycles. The minimum atomic E-state index is -3.12. The van der Waals surface area contributed by atoms with Gasteiger partial charge in [-0.25, -0.2) is 0 Å². The van der Waals surface area contributed by atoms with Crippen molar-refractivity contribution < 1.29 is 24.9 Å². The first kappa shape index (κ1) is 10.9. The summed E-state index contributed by atoms with van der Waals surface area (Å²) in [4.78, 5) is 10.3. The molecule has 1 amide bonds. The van der Waals surface area contributed by atoms with Gasteiger partial charge in [0.25, 0.3) is 5.88 Å². The van der Waals surface area contributed by atoms with E-state index >= 15 is 0 Å². The van der Waals surface area contributed by atoms with Crippen LogP contribution in [-0.4, -0.2) is 37.6 Å². The molecular weight excluding hydrogens is 218 g/mol. The molecule has 8 nitrogen and oxygen atoms in total. The molecular formula is C8H11N3O5. The fraction of sp³-hybridized carbons (Fsp3) is 0.500. The van der Waals surface area contributed by atoms with E-state index in [1.54, 1.807) is 0 Å². The van der Waals surface area contributed by atoms with Crippen molar-refractivity contribution in [3.8, 4) is 5.88 Å². The number of nitrogens with one attached hydrogen (secondary N) is 1. The summed E-state index contributed by atoms with van der Waals surface area (Å²) in [6.45, 7) is 0. The molecule has 1 aromatic rings. The van der Waals surface area contributed by atoms with Gasteiger partial charge in [0.1, 0.15) is 11.8 Å². The van der Waals surface area contributed by atoms with Gasteiger partial charge in [0.2, 0.25) is 6.41 Å². The lowest BCUT2D eigenvalue weighted by Gasteiger charge is -2.12. The molecule has 1 aromatic heterocycles. The zero-order valence-electron chi connectivity index (χ0n) is 8.20. The molecule has 0 unspecified atom stereocenters. The topological polar surface area (TPSA) is 117 Å². The minimum absolute atomic E-state index is 0.0287. The van der Waals surface area contributed by atoms with Crippen molar-refractivity contribution in [3.05, 3.63) is 6.20 Å². The Hall–Kier alpha value is -1.64. The fourth-order valence-corrected chi connectivity index (χ4v) is 1.11. The van der Waals surface area contributed by atoms with Gasteiger partial charge in [-0.1, -0.05) is 0 Å². The third-order valence-corrected chi connectivity index (χ3v) is 2.00. The molecule has 1 saturated carbocycles. The van der Waals surface area contributed by atoms with E-state index in [1.807, 2.05) is 0 Å². The van der Waals surface area contributed by atoms with Crippen molar-refractivity contribution >= 4 is 12.1 Å². The average Bonchev–Trinajstić information content (AvgIpc) is 2.88. The second-order valence-electron chi connectivity index (χ2n) is 3.47. The molecule has 88 valence electrons. The molecule has 0 spiro atoms. The van der Waals surface area contributed by atoms with Crippen LogP contribution >= 0.6 is 0 Å². The van der Waals surface area contributed by atoms with Gasteiger partial charge in [-0.2, -0.15) is 4.68 Å². The largest absolute Gasteiger partial charge is 0.472 e. The van der Waals surface area contributed by atoms with E-state index in [2.05, 4.69) is 10.4 Å². The average molecular weight is 229 g/mol. The Morgan fingerprint density at radius 1 is 1.56 bits per heavy atom. The van der Waals surface area contributed by atoms with Crippen LogP contribution in [-0.2, 0) is 10.9 Å². The van der Waals surface area contributed by atoms with Crippen molar-refractivity contribution in [1.29, 1.82) is 0 Å². The third kappa shape index (κ3) is 2.30. The second-order valence-corrected chi connectivity index (χ2v) is 3.47. The molecule has 16 heavy (non-hydrogen) atoms. The lowest BCUT2D eigenvalue weighted by Crippen LogP contribution is -2.32. The Kier molecular flexibility index (Phi) is 2.54. The smallest absolute Gasteiger partial charge is 0.389 e. The van der Waals surface area contributed by atoms with Crippen LogP contribution in [0.2, 0.25) is 0 Å². The number of ether oxygens (including phenoxy) is 1. The summed E-state index contributed by atoms with van der Waals surface area (Å²) < 4.78 is 5.77. The monoisotopic (exact) mass is 229 g/mol. The minimum Gasteiger partial charge on any atom is -0.472 e. The van der Waals surface area contributed by atoms with Crippen LogP contribution in [0.4, 0.5) is 5.69 Å². The molecule has 0 radical (unpaired) electrons. The van der Waals surface area contributed by atoms with E-state index in [9.17, 15) is 4.79 Å². The first-order valence-corrected chi connectivity index (χ1v) is 4.65. The van der Waals surface area contributed by atoms with Crippen molar-refractivity contribution in [2.75, 3.05) is 5.32 Å². The van der Waals surface area contributed by atoms with E-state index in [-0.39, 0.29) is 17.7 Å². The van der Waals surface area contributed by atoms with Crippen LogP contribution < -0.4 is 10.1 Å². The van der Waals surface area contributed by atoms with Crippen LogP contribution in [0, 0.1) is 0 Å². The maximum atomic E-state index is 10.3. The highest BCUT2D eigenvalue weighted by Gasteiger charge is 2.29. The highest BCUT2D eigenvalue weighted by atomic mass is 16.7. The molecule has 0 bridgehead atoms. The summed E-state index contributed by atoms with van der Waals surface area (Å²) in [6.07, 6.45) is 0.123. The van der Waals surface area contributed by atoms with Gasteiger partial charge < -0.3 is 25.4 Å². The molecule has 4 N–H and O–H groups in total. The molecule has 1 fully saturated rings. The third-order valence-electron chi connectivity index (χ3n) is 2.00. The van der Waals surface area contributed by atoms with Gasteiger partial charge in [0, 0.05) is 0 Å². The van der Waals surface area contributed by atoms with Gasteiger partial charge in [0.15, 0.2) is 0 Å². The number of hydrogen-bond acceptors (Lipinski definition) is 6. The van der Waals surface area contributed by atoms with Crippen molar-refractivity contribution in [2.45, 2.75) is 25.0 Å². The number of hydrogen-bond donors (Lipinski definition) is 4. The molecule has 1 aliphatic carbocycles. The van der Waals surface area contributed by atoms with Crippen molar-refractivity contribution in [1.82, 2.24) is 9.78 Å². The van der Waals surface area contributed by atoms with Crippen molar-refractivity contribution in [3.63, 3.8) is 0 Å². The summed E-state index contributed by atoms with van der Waals surface area (Å²) in [7, 11) is 0. The first-order chi connectivity index (χ1) is 7.50. The predicted octanol–water partition coefficient (Wildman–Crippen LogP) is -1.46. The number of nitrogens with zero attached hydrogens (tertiary/aromatic N) is 2. The Bertz CT molecular complexity index is 393. The van der Waals surface area contributed by atoms with Gasteiger partial charge in [-0.15, -0.1) is 5.10 Å². The quantitative estimate of drug-likeness (QED) is 0.362. The van der Waals surface area contributed by atoms with E-state index in [0.717, 1.165) is 19.0 Å². The van der Waals surface area contributed by atoms with Gasteiger partial charge in [-0.3, -0.25) is 4.79 Å². The molecule has 8 heteroatoms. The number of aromatic nitrogens is 2. The zero-order valence-corrected chi connectivity index (χ0v) is 8.20. The van der Waals surface area contributed by atoms with Gasteiger partial charge >= 0.3 is 6.10 Å². The summed E-state index contributed by atoms with van der Waals surface area (Å²) in [5.74, 6) is 0.0381. The lowest BCUT2D eigenvalue weighted by atomic mass is 10.5. The normalized spacial score (nSPS) is 15.9. The van der Waals surface area contributed by atoms with Crippen molar-refractivity contribution in [2.24, 2.45) is 0 Å². The lowest BCUT2D eigenvalue weighted by molar-refractivity contribution is -0.381. The molecule has 0 atom stereocenters.